The van der Waals surface area contributed by atoms with Crippen molar-refractivity contribution in [1.29, 1.82) is 0 Å². The first kappa shape index (κ1) is 21.9. The van der Waals surface area contributed by atoms with E-state index >= 15 is 0 Å². The van der Waals surface area contributed by atoms with Crippen molar-refractivity contribution in [2.24, 2.45) is 0 Å². The molecule has 0 aromatic rings. The Hall–Kier alpha value is -0.0800. The Balaban J connectivity index is 3.00. The molecule has 0 fully saturated rings. The molecule has 0 bridgehead atoms. The van der Waals surface area contributed by atoms with Crippen molar-refractivity contribution in [3.63, 3.8) is 0 Å². The lowest BCUT2D eigenvalue weighted by Crippen LogP contribution is -2.32. The number of quaternary nitrogens is 1. The van der Waals surface area contributed by atoms with E-state index in [9.17, 15) is 5.21 Å². The molecule has 0 N–H and O–H groups in total. The predicted molar refractivity (Wildman–Crippen MR) is 99.9 cm³/mol. The maximum absolute atomic E-state index is 11.4. The molecule has 0 saturated heterocycles. The van der Waals surface area contributed by atoms with Crippen LogP contribution in [0.4, 0.5) is 0 Å². The van der Waals surface area contributed by atoms with Crippen molar-refractivity contribution in [2.45, 2.75) is 110 Å². The van der Waals surface area contributed by atoms with Crippen LogP contribution in [0, 0.1) is 5.21 Å². The summed E-state index contributed by atoms with van der Waals surface area (Å²) in [6, 6.07) is 0. The van der Waals surface area contributed by atoms with Crippen LogP contribution in [0.5, 0.6) is 0 Å². The van der Waals surface area contributed by atoms with Crippen LogP contribution in [-0.4, -0.2) is 25.3 Å². The average Bonchev–Trinajstić information content (AvgIpc) is 2.45. The average molecular weight is 314 g/mol. The van der Waals surface area contributed by atoms with Gasteiger partial charge in [-0.05, 0) is 12.8 Å². The van der Waals surface area contributed by atoms with Crippen molar-refractivity contribution in [3.8, 4) is 0 Å². The highest BCUT2D eigenvalue weighted by atomic mass is 16.5. The summed E-state index contributed by atoms with van der Waals surface area (Å²) in [4.78, 5) is 0. The van der Waals surface area contributed by atoms with E-state index < -0.39 is 0 Å². The Morgan fingerprint density at radius 1 is 0.500 bits per heavy atom. The molecule has 0 amide bonds. The molecule has 0 aromatic heterocycles. The van der Waals surface area contributed by atoms with Gasteiger partial charge in [-0.25, -0.2) is 0 Å². The van der Waals surface area contributed by atoms with Gasteiger partial charge in [0.25, 0.3) is 0 Å². The van der Waals surface area contributed by atoms with Crippen molar-refractivity contribution >= 4 is 0 Å². The molecule has 0 radical (unpaired) electrons. The second kappa shape index (κ2) is 15.8. The number of nitrogens with zero attached hydrogens (tertiary/aromatic N) is 1. The van der Waals surface area contributed by atoms with Crippen LogP contribution >= 0.6 is 0 Å². The number of unbranched alkanes of at least 4 members (excludes halogenated alkanes) is 15. The highest BCUT2D eigenvalue weighted by molar-refractivity contribution is 4.50. The predicted octanol–water partition coefficient (Wildman–Crippen LogP) is 6.82. The third-order valence-corrected chi connectivity index (χ3v) is 4.55. The fraction of sp³-hybridized carbons (Fsp3) is 1.00. The van der Waals surface area contributed by atoms with E-state index in [0.717, 1.165) is 13.0 Å². The fourth-order valence-electron chi connectivity index (χ4n) is 3.04. The molecule has 0 unspecified atom stereocenters. The monoisotopic (exact) mass is 313 g/mol. The lowest BCUT2D eigenvalue weighted by atomic mass is 10.0. The maximum Gasteiger partial charge on any atom is 0.0779 e. The van der Waals surface area contributed by atoms with Crippen molar-refractivity contribution in [3.05, 3.63) is 5.21 Å². The third kappa shape index (κ3) is 19.9. The minimum Gasteiger partial charge on any atom is -0.633 e. The van der Waals surface area contributed by atoms with E-state index in [4.69, 9.17) is 0 Å². The second-order valence-electron chi connectivity index (χ2n) is 7.60. The molecule has 0 saturated carbocycles. The molecule has 0 spiro atoms. The summed E-state index contributed by atoms with van der Waals surface area (Å²) in [5.41, 5.74) is 0. The smallest absolute Gasteiger partial charge is 0.0779 e. The van der Waals surface area contributed by atoms with Crippen LogP contribution in [0.3, 0.4) is 0 Å². The molecule has 0 heterocycles. The van der Waals surface area contributed by atoms with Gasteiger partial charge < -0.3 is 9.85 Å². The summed E-state index contributed by atoms with van der Waals surface area (Å²) in [5.74, 6) is 0. The van der Waals surface area contributed by atoms with Gasteiger partial charge in [-0.3, -0.25) is 0 Å². The maximum atomic E-state index is 11.4. The molecule has 0 aromatic carbocycles. The van der Waals surface area contributed by atoms with Crippen molar-refractivity contribution < 1.29 is 4.65 Å². The van der Waals surface area contributed by atoms with E-state index in [1.54, 1.807) is 14.1 Å². The summed E-state index contributed by atoms with van der Waals surface area (Å²) < 4.78 is -0.126. The summed E-state index contributed by atoms with van der Waals surface area (Å²) in [6.45, 7) is 3.06. The van der Waals surface area contributed by atoms with Gasteiger partial charge in [0.05, 0.1) is 20.6 Å². The molecule has 0 aliphatic heterocycles. The SMILES string of the molecule is CCCCCCCCCCCCCCCCCC[N+](C)(C)[O-]. The first-order chi connectivity index (χ1) is 10.6. The third-order valence-electron chi connectivity index (χ3n) is 4.55. The van der Waals surface area contributed by atoms with Gasteiger partial charge in [-0.2, -0.15) is 0 Å². The fourth-order valence-corrected chi connectivity index (χ4v) is 3.04. The Labute approximate surface area is 140 Å². The standard InChI is InChI=1S/C20H43NO/c1-4-5-6-7-8-9-10-11-12-13-14-15-16-17-18-19-20-21(2,3)22/h4-20H2,1-3H3. The van der Waals surface area contributed by atoms with Gasteiger partial charge in [0.2, 0.25) is 0 Å². The normalized spacial score (nSPS) is 12.0. The number of hydrogen-bond donors (Lipinski definition) is 0. The van der Waals surface area contributed by atoms with E-state index in [-0.39, 0.29) is 4.65 Å². The van der Waals surface area contributed by atoms with Crippen molar-refractivity contribution in [2.75, 3.05) is 20.6 Å². The molecule has 0 rings (SSSR count). The topological polar surface area (TPSA) is 23.1 Å². The molecule has 0 atom stereocenters. The van der Waals surface area contributed by atoms with Crippen LogP contribution in [0.1, 0.15) is 110 Å². The zero-order valence-corrected chi connectivity index (χ0v) is 15.9. The zero-order valence-electron chi connectivity index (χ0n) is 15.9. The van der Waals surface area contributed by atoms with Gasteiger partial charge in [0.1, 0.15) is 0 Å². The highest BCUT2D eigenvalue weighted by Crippen LogP contribution is 2.13. The van der Waals surface area contributed by atoms with E-state index in [1.807, 2.05) is 0 Å². The zero-order chi connectivity index (χ0) is 16.5. The van der Waals surface area contributed by atoms with Crippen LogP contribution in [0.2, 0.25) is 0 Å². The Morgan fingerprint density at radius 3 is 1.05 bits per heavy atom. The number of rotatable bonds is 17. The van der Waals surface area contributed by atoms with Crippen LogP contribution in [0.25, 0.3) is 0 Å². The summed E-state index contributed by atoms with van der Waals surface area (Å²) in [6.07, 6.45) is 22.2. The molecule has 2 heteroatoms. The van der Waals surface area contributed by atoms with Crippen LogP contribution in [0.15, 0.2) is 0 Å². The summed E-state index contributed by atoms with van der Waals surface area (Å²) >= 11 is 0. The molecule has 0 aliphatic carbocycles. The Kier molecular flexibility index (Phi) is 15.7. The minimum atomic E-state index is -0.126. The second-order valence-corrected chi connectivity index (χ2v) is 7.60. The largest absolute Gasteiger partial charge is 0.633 e. The van der Waals surface area contributed by atoms with Gasteiger partial charge in [0.15, 0.2) is 0 Å². The first-order valence-corrected chi connectivity index (χ1v) is 10.1. The number of hydrogen-bond acceptors (Lipinski definition) is 1. The number of hydroxylamine groups is 3. The van der Waals surface area contributed by atoms with Crippen LogP contribution in [-0.2, 0) is 0 Å². The quantitative estimate of drug-likeness (QED) is 0.164. The molecule has 0 aliphatic rings. The van der Waals surface area contributed by atoms with E-state index in [0.29, 0.717) is 0 Å². The highest BCUT2D eigenvalue weighted by Gasteiger charge is 2.00. The lowest BCUT2D eigenvalue weighted by Gasteiger charge is -2.33. The summed E-state index contributed by atoms with van der Waals surface area (Å²) in [7, 11) is 3.48. The van der Waals surface area contributed by atoms with Gasteiger partial charge in [0, 0.05) is 0 Å². The van der Waals surface area contributed by atoms with Gasteiger partial charge >= 0.3 is 0 Å². The Bertz CT molecular complexity index is 210. The van der Waals surface area contributed by atoms with E-state index in [2.05, 4.69) is 6.92 Å². The molecular weight excluding hydrogens is 270 g/mol. The van der Waals surface area contributed by atoms with Gasteiger partial charge in [-0.15, -0.1) is 0 Å². The van der Waals surface area contributed by atoms with Crippen molar-refractivity contribution in [1.82, 2.24) is 0 Å². The molecular formula is C20H43NO. The lowest BCUT2D eigenvalue weighted by molar-refractivity contribution is -0.840. The summed E-state index contributed by atoms with van der Waals surface area (Å²) in [5, 5.41) is 11.4. The molecule has 134 valence electrons. The Morgan fingerprint density at radius 2 is 0.773 bits per heavy atom. The van der Waals surface area contributed by atoms with Gasteiger partial charge in [-0.1, -0.05) is 96.8 Å². The van der Waals surface area contributed by atoms with E-state index in [1.165, 1.54) is 96.3 Å². The first-order valence-electron chi connectivity index (χ1n) is 10.1. The molecule has 22 heavy (non-hydrogen) atoms. The molecule has 2 nitrogen and oxygen atoms in total. The minimum absolute atomic E-state index is 0.126. The van der Waals surface area contributed by atoms with Crippen LogP contribution < -0.4 is 0 Å².